The van der Waals surface area contributed by atoms with Crippen molar-refractivity contribution in [1.29, 1.82) is 0 Å². The van der Waals surface area contributed by atoms with Gasteiger partial charge in [-0.2, -0.15) is 0 Å². The molecular formula is C19H23N3O. The Kier molecular flexibility index (Phi) is 3.47. The number of aromatic amines is 1. The Balaban J connectivity index is 1.66. The lowest BCUT2D eigenvalue weighted by Gasteiger charge is -2.44. The molecule has 0 saturated heterocycles. The van der Waals surface area contributed by atoms with E-state index >= 15 is 0 Å². The average Bonchev–Trinajstić information content (AvgIpc) is 3.20. The van der Waals surface area contributed by atoms with Crippen molar-refractivity contribution in [3.63, 3.8) is 0 Å². The first-order valence-corrected chi connectivity index (χ1v) is 8.58. The molecule has 4 nitrogen and oxygen atoms in total. The first-order valence-electron chi connectivity index (χ1n) is 8.58. The Morgan fingerprint density at radius 2 is 2.09 bits per heavy atom. The lowest BCUT2D eigenvalue weighted by atomic mass is 9.84. The first-order chi connectivity index (χ1) is 11.2. The highest BCUT2D eigenvalue weighted by Crippen LogP contribution is 2.46. The van der Waals surface area contributed by atoms with Gasteiger partial charge in [0.05, 0.1) is 24.0 Å². The number of benzene rings is 1. The van der Waals surface area contributed by atoms with Crippen LogP contribution in [0.4, 0.5) is 0 Å². The number of nitrogens with zero attached hydrogens (tertiary/aromatic N) is 2. The molecule has 0 atom stereocenters. The Bertz CT molecular complexity index is 728. The average molecular weight is 309 g/mol. The van der Waals surface area contributed by atoms with E-state index < -0.39 is 0 Å². The predicted molar refractivity (Wildman–Crippen MR) is 89.0 cm³/mol. The molecule has 1 spiro atoms. The molecule has 1 aliphatic heterocycles. The highest BCUT2D eigenvalue weighted by Gasteiger charge is 2.48. The number of imidazole rings is 1. The van der Waals surface area contributed by atoms with Crippen molar-refractivity contribution >= 4 is 5.91 Å². The van der Waals surface area contributed by atoms with Gasteiger partial charge in [-0.3, -0.25) is 4.79 Å². The number of rotatable bonds is 2. The molecule has 1 amide bonds. The van der Waals surface area contributed by atoms with E-state index in [2.05, 4.69) is 33.9 Å². The number of aromatic nitrogens is 2. The lowest BCUT2D eigenvalue weighted by molar-refractivity contribution is -0.138. The molecule has 2 aromatic rings. The van der Waals surface area contributed by atoms with Crippen LogP contribution in [0.2, 0.25) is 0 Å². The Morgan fingerprint density at radius 1 is 1.30 bits per heavy atom. The van der Waals surface area contributed by atoms with E-state index in [0.29, 0.717) is 6.42 Å². The van der Waals surface area contributed by atoms with E-state index in [4.69, 9.17) is 0 Å². The van der Waals surface area contributed by atoms with Gasteiger partial charge < -0.3 is 9.88 Å². The number of hydrogen-bond donors (Lipinski definition) is 1. The quantitative estimate of drug-likeness (QED) is 0.926. The molecule has 1 fully saturated rings. The Morgan fingerprint density at radius 3 is 2.87 bits per heavy atom. The molecule has 23 heavy (non-hydrogen) atoms. The van der Waals surface area contributed by atoms with Crippen LogP contribution in [0.3, 0.4) is 0 Å². The zero-order valence-electron chi connectivity index (χ0n) is 13.6. The lowest BCUT2D eigenvalue weighted by Crippen LogP contribution is -2.52. The Hall–Kier alpha value is -2.10. The van der Waals surface area contributed by atoms with Crippen molar-refractivity contribution in [2.24, 2.45) is 0 Å². The van der Waals surface area contributed by atoms with Crippen LogP contribution in [-0.4, -0.2) is 27.3 Å². The van der Waals surface area contributed by atoms with Crippen molar-refractivity contribution in [3.8, 4) is 0 Å². The molecule has 2 heterocycles. The third-order valence-electron chi connectivity index (χ3n) is 5.60. The number of aryl methyl sites for hydroxylation is 1. The van der Waals surface area contributed by atoms with Crippen LogP contribution >= 0.6 is 0 Å². The second-order valence-electron chi connectivity index (χ2n) is 6.87. The SMILES string of the molecule is Cc1ccccc1CC(=O)N1CCc2[nH]cnc2C12CCCC2. The van der Waals surface area contributed by atoms with E-state index in [0.717, 1.165) is 37.1 Å². The van der Waals surface area contributed by atoms with Gasteiger partial charge in [-0.05, 0) is 30.9 Å². The normalized spacial score (nSPS) is 19.1. The van der Waals surface area contributed by atoms with Gasteiger partial charge in [0.2, 0.25) is 5.91 Å². The van der Waals surface area contributed by atoms with Gasteiger partial charge in [-0.1, -0.05) is 37.1 Å². The van der Waals surface area contributed by atoms with Crippen LogP contribution in [0.5, 0.6) is 0 Å². The topological polar surface area (TPSA) is 49.0 Å². The van der Waals surface area contributed by atoms with Gasteiger partial charge in [-0.15, -0.1) is 0 Å². The van der Waals surface area contributed by atoms with E-state index in [-0.39, 0.29) is 11.4 Å². The molecule has 1 saturated carbocycles. The van der Waals surface area contributed by atoms with Gasteiger partial charge in [0, 0.05) is 18.7 Å². The molecule has 4 rings (SSSR count). The number of hydrogen-bond acceptors (Lipinski definition) is 2. The number of carbonyl (C=O) groups is 1. The van der Waals surface area contributed by atoms with Gasteiger partial charge in [0.1, 0.15) is 0 Å². The maximum absolute atomic E-state index is 13.1. The summed E-state index contributed by atoms with van der Waals surface area (Å²) in [5.41, 5.74) is 4.52. The zero-order valence-corrected chi connectivity index (χ0v) is 13.6. The second kappa shape index (κ2) is 5.52. The molecule has 1 aliphatic carbocycles. The highest BCUT2D eigenvalue weighted by molar-refractivity contribution is 5.80. The van der Waals surface area contributed by atoms with Crippen LogP contribution in [-0.2, 0) is 23.2 Å². The third-order valence-corrected chi connectivity index (χ3v) is 5.60. The minimum absolute atomic E-state index is 0.159. The van der Waals surface area contributed by atoms with Crippen LogP contribution in [0.15, 0.2) is 30.6 Å². The summed E-state index contributed by atoms with van der Waals surface area (Å²) in [6.45, 7) is 2.88. The standard InChI is InChI=1S/C19H23N3O/c1-14-6-2-3-7-15(14)12-17(23)22-11-8-16-18(21-13-20-16)19(22)9-4-5-10-19/h2-3,6-7,13H,4-5,8-12H2,1H3,(H,20,21). The molecule has 120 valence electrons. The molecule has 1 aromatic heterocycles. The van der Waals surface area contributed by atoms with Crippen LogP contribution in [0, 0.1) is 6.92 Å². The predicted octanol–water partition coefficient (Wildman–Crippen LogP) is 3.11. The van der Waals surface area contributed by atoms with Crippen LogP contribution in [0.1, 0.15) is 48.2 Å². The monoisotopic (exact) mass is 309 g/mol. The fourth-order valence-corrected chi connectivity index (χ4v) is 4.37. The molecule has 0 radical (unpaired) electrons. The second-order valence-corrected chi connectivity index (χ2v) is 6.87. The molecule has 0 bridgehead atoms. The maximum Gasteiger partial charge on any atom is 0.227 e. The van der Waals surface area contributed by atoms with Gasteiger partial charge >= 0.3 is 0 Å². The minimum Gasteiger partial charge on any atom is -0.348 e. The van der Waals surface area contributed by atoms with E-state index in [1.807, 2.05) is 12.1 Å². The summed E-state index contributed by atoms with van der Waals surface area (Å²) in [6, 6.07) is 8.19. The van der Waals surface area contributed by atoms with Crippen LogP contribution in [0.25, 0.3) is 0 Å². The van der Waals surface area contributed by atoms with Gasteiger partial charge in [-0.25, -0.2) is 4.98 Å². The molecule has 4 heteroatoms. The summed E-state index contributed by atoms with van der Waals surface area (Å²) in [7, 11) is 0. The number of fused-ring (bicyclic) bond motifs is 2. The molecular weight excluding hydrogens is 286 g/mol. The fraction of sp³-hybridized carbons (Fsp3) is 0.474. The zero-order chi connectivity index (χ0) is 15.9. The number of nitrogens with one attached hydrogen (secondary N) is 1. The van der Waals surface area contributed by atoms with E-state index in [1.165, 1.54) is 24.1 Å². The minimum atomic E-state index is -0.159. The summed E-state index contributed by atoms with van der Waals surface area (Å²) < 4.78 is 0. The molecule has 2 aliphatic rings. The summed E-state index contributed by atoms with van der Waals surface area (Å²) >= 11 is 0. The van der Waals surface area contributed by atoms with E-state index in [9.17, 15) is 4.79 Å². The maximum atomic E-state index is 13.1. The first kappa shape index (κ1) is 14.5. The summed E-state index contributed by atoms with van der Waals surface area (Å²) in [5.74, 6) is 0.245. The third kappa shape index (κ3) is 2.28. The Labute approximate surface area is 136 Å². The van der Waals surface area contributed by atoms with Crippen molar-refractivity contribution in [2.75, 3.05) is 6.54 Å². The van der Waals surface area contributed by atoms with Crippen LogP contribution < -0.4 is 0 Å². The van der Waals surface area contributed by atoms with Crippen molar-refractivity contribution in [3.05, 3.63) is 53.1 Å². The summed E-state index contributed by atoms with van der Waals surface area (Å²) in [4.78, 5) is 23.1. The van der Waals surface area contributed by atoms with Gasteiger partial charge in [0.25, 0.3) is 0 Å². The van der Waals surface area contributed by atoms with Gasteiger partial charge in [0.15, 0.2) is 0 Å². The van der Waals surface area contributed by atoms with E-state index in [1.54, 1.807) is 6.33 Å². The van der Waals surface area contributed by atoms with Crippen molar-refractivity contribution < 1.29 is 4.79 Å². The number of carbonyl (C=O) groups excluding carboxylic acids is 1. The molecule has 0 unspecified atom stereocenters. The number of amides is 1. The number of H-pyrrole nitrogens is 1. The largest absolute Gasteiger partial charge is 0.348 e. The summed E-state index contributed by atoms with van der Waals surface area (Å²) in [6.07, 6.45) is 7.63. The summed E-state index contributed by atoms with van der Waals surface area (Å²) in [5, 5.41) is 0. The van der Waals surface area contributed by atoms with Crippen molar-refractivity contribution in [1.82, 2.24) is 14.9 Å². The molecule has 1 N–H and O–H groups in total. The smallest absolute Gasteiger partial charge is 0.227 e. The molecule has 1 aromatic carbocycles. The fourth-order valence-electron chi connectivity index (χ4n) is 4.37. The van der Waals surface area contributed by atoms with Crippen molar-refractivity contribution in [2.45, 2.75) is 51.0 Å². The highest BCUT2D eigenvalue weighted by atomic mass is 16.2.